The minimum atomic E-state index is -0.785. The van der Waals surface area contributed by atoms with Crippen LogP contribution in [-0.2, 0) is 0 Å². The van der Waals surface area contributed by atoms with Gasteiger partial charge in [0.15, 0.2) is 0 Å². The molecule has 2 heterocycles. The van der Waals surface area contributed by atoms with E-state index in [0.717, 1.165) is 62.0 Å². The number of primary amides is 1. The molecule has 0 spiro atoms. The van der Waals surface area contributed by atoms with E-state index in [1.54, 1.807) is 5.38 Å². The maximum atomic E-state index is 13.5. The van der Waals surface area contributed by atoms with E-state index in [1.807, 2.05) is 0 Å². The molecule has 0 radical (unpaired) electrons. The lowest BCUT2D eigenvalue weighted by Crippen LogP contribution is -2.30. The van der Waals surface area contributed by atoms with Crippen LogP contribution in [0.1, 0.15) is 36.0 Å². The molecule has 1 aromatic carbocycles. The van der Waals surface area contributed by atoms with Crippen LogP contribution in [0.2, 0.25) is 0 Å². The molecule has 1 aliphatic rings. The highest BCUT2D eigenvalue weighted by molar-refractivity contribution is 7.15. The van der Waals surface area contributed by atoms with E-state index in [4.69, 9.17) is 5.73 Å². The Balaban J connectivity index is 1.58. The number of thiophene rings is 1. The molecule has 29 heavy (non-hydrogen) atoms. The van der Waals surface area contributed by atoms with Crippen LogP contribution in [0.4, 0.5) is 18.6 Å². The van der Waals surface area contributed by atoms with Gasteiger partial charge in [-0.05, 0) is 63.0 Å². The van der Waals surface area contributed by atoms with Crippen LogP contribution >= 0.6 is 11.3 Å². The number of hydrogen-bond acceptors (Lipinski definition) is 4. The van der Waals surface area contributed by atoms with Crippen LogP contribution in [0.25, 0.3) is 11.1 Å². The fourth-order valence-electron chi connectivity index (χ4n) is 3.43. The van der Waals surface area contributed by atoms with Crippen molar-refractivity contribution in [1.29, 1.82) is 0 Å². The third-order valence-electron chi connectivity index (χ3n) is 4.82. The van der Waals surface area contributed by atoms with Crippen molar-refractivity contribution >= 4 is 28.3 Å². The van der Waals surface area contributed by atoms with Gasteiger partial charge in [-0.25, -0.2) is 13.6 Å². The minimum absolute atomic E-state index is 0.0317. The molecule has 1 aromatic heterocycles. The van der Waals surface area contributed by atoms with Gasteiger partial charge in [0.25, 0.3) is 5.91 Å². The number of nitrogens with zero attached hydrogens (tertiary/aromatic N) is 1. The molecule has 0 saturated carbocycles. The number of rotatable bonds is 8. The summed E-state index contributed by atoms with van der Waals surface area (Å²) >= 11 is 1.08. The van der Waals surface area contributed by atoms with Crippen molar-refractivity contribution in [1.82, 2.24) is 10.2 Å². The number of carbonyl (C=O) groups is 2. The summed E-state index contributed by atoms with van der Waals surface area (Å²) in [5, 5.41) is 7.15. The first-order valence-corrected chi connectivity index (χ1v) is 10.5. The van der Waals surface area contributed by atoms with Gasteiger partial charge in [0.05, 0.1) is 5.56 Å². The first kappa shape index (κ1) is 21.2. The summed E-state index contributed by atoms with van der Waals surface area (Å²) in [5.74, 6) is -2.31. The van der Waals surface area contributed by atoms with Gasteiger partial charge in [0.1, 0.15) is 16.6 Å². The molecule has 0 unspecified atom stereocenters. The van der Waals surface area contributed by atoms with Crippen molar-refractivity contribution in [2.24, 2.45) is 5.73 Å². The zero-order valence-electron chi connectivity index (χ0n) is 16.0. The van der Waals surface area contributed by atoms with Crippen LogP contribution in [0.5, 0.6) is 0 Å². The second-order valence-corrected chi connectivity index (χ2v) is 7.89. The molecule has 156 valence electrons. The Bertz CT molecular complexity index is 861. The Kier molecular flexibility index (Phi) is 7.16. The van der Waals surface area contributed by atoms with E-state index >= 15 is 0 Å². The number of nitrogens with two attached hydrogens (primary N) is 1. The van der Waals surface area contributed by atoms with Crippen molar-refractivity contribution in [2.45, 2.75) is 25.7 Å². The van der Waals surface area contributed by atoms with Crippen LogP contribution < -0.4 is 16.4 Å². The van der Waals surface area contributed by atoms with Gasteiger partial charge in [0, 0.05) is 23.6 Å². The lowest BCUT2D eigenvalue weighted by Gasteiger charge is -2.14. The van der Waals surface area contributed by atoms with Crippen LogP contribution in [0.3, 0.4) is 0 Å². The van der Waals surface area contributed by atoms with E-state index in [0.29, 0.717) is 6.54 Å². The van der Waals surface area contributed by atoms with Crippen molar-refractivity contribution < 1.29 is 18.4 Å². The molecule has 6 nitrogen and oxygen atoms in total. The van der Waals surface area contributed by atoms with E-state index in [2.05, 4.69) is 15.5 Å². The lowest BCUT2D eigenvalue weighted by atomic mass is 10.0. The summed E-state index contributed by atoms with van der Waals surface area (Å²) in [6.07, 6.45) is 4.37. The van der Waals surface area contributed by atoms with Crippen LogP contribution in [0.15, 0.2) is 23.6 Å². The summed E-state index contributed by atoms with van der Waals surface area (Å²) in [6.45, 7) is 3.85. The molecular weight excluding hydrogens is 398 g/mol. The Labute approximate surface area is 172 Å². The largest absolute Gasteiger partial charge is 0.365 e. The number of unbranched alkanes of at least 4 members (excludes halogenated alkanes) is 1. The summed E-state index contributed by atoms with van der Waals surface area (Å²) in [4.78, 5) is 26.5. The topological polar surface area (TPSA) is 87.5 Å². The smallest absolute Gasteiger partial charge is 0.319 e. The number of urea groups is 1. The van der Waals surface area contributed by atoms with E-state index in [9.17, 15) is 18.4 Å². The number of likely N-dealkylation sites (tertiary alicyclic amines) is 1. The van der Waals surface area contributed by atoms with Gasteiger partial charge < -0.3 is 16.0 Å². The number of anilines is 1. The number of halogens is 2. The standard InChI is InChI=1S/C20H24F2N4O2S/c21-14-9-13(10-15(22)11-14)16-12-29-19(17(16)18(23)27)25-20(28)24-5-1-2-6-26-7-3-4-8-26/h9-12H,1-8H2,(H2,23,27)(H2,24,25,28). The predicted molar refractivity (Wildman–Crippen MR) is 110 cm³/mol. The molecular formula is C20H24F2N4O2S. The van der Waals surface area contributed by atoms with Gasteiger partial charge in [0.2, 0.25) is 0 Å². The maximum absolute atomic E-state index is 13.5. The monoisotopic (exact) mass is 422 g/mol. The second kappa shape index (κ2) is 9.80. The SMILES string of the molecule is NC(=O)c1c(-c2cc(F)cc(F)c2)csc1NC(=O)NCCCCN1CCCC1. The van der Waals surface area contributed by atoms with Gasteiger partial charge >= 0.3 is 6.03 Å². The fraction of sp³-hybridized carbons (Fsp3) is 0.400. The Morgan fingerprint density at radius 3 is 2.45 bits per heavy atom. The molecule has 1 saturated heterocycles. The average Bonchev–Trinajstić information content (AvgIpc) is 3.30. The highest BCUT2D eigenvalue weighted by Gasteiger charge is 2.20. The second-order valence-electron chi connectivity index (χ2n) is 7.01. The normalized spacial score (nSPS) is 14.1. The molecule has 1 aliphatic heterocycles. The van der Waals surface area contributed by atoms with E-state index in [1.165, 1.54) is 12.8 Å². The fourth-order valence-corrected chi connectivity index (χ4v) is 4.40. The summed E-state index contributed by atoms with van der Waals surface area (Å²) in [7, 11) is 0. The third-order valence-corrected chi connectivity index (χ3v) is 5.72. The van der Waals surface area contributed by atoms with Crippen LogP contribution in [0, 0.1) is 11.6 Å². The lowest BCUT2D eigenvalue weighted by molar-refractivity contribution is 0.100. The quantitative estimate of drug-likeness (QED) is 0.566. The summed E-state index contributed by atoms with van der Waals surface area (Å²) in [5.41, 5.74) is 5.95. The first-order chi connectivity index (χ1) is 13.9. The molecule has 4 N–H and O–H groups in total. The van der Waals surface area contributed by atoms with Gasteiger partial charge in [-0.15, -0.1) is 11.3 Å². The summed E-state index contributed by atoms with van der Waals surface area (Å²) < 4.78 is 27.1. The predicted octanol–water partition coefficient (Wildman–Crippen LogP) is 3.79. The number of amides is 3. The van der Waals surface area contributed by atoms with Crippen LogP contribution in [-0.4, -0.2) is 43.0 Å². The van der Waals surface area contributed by atoms with Crippen molar-refractivity contribution in [3.8, 4) is 11.1 Å². The first-order valence-electron chi connectivity index (χ1n) is 9.59. The highest BCUT2D eigenvalue weighted by atomic mass is 32.1. The van der Waals surface area contributed by atoms with Crippen molar-refractivity contribution in [2.75, 3.05) is 31.5 Å². The number of benzene rings is 1. The molecule has 0 aliphatic carbocycles. The molecule has 3 rings (SSSR count). The minimum Gasteiger partial charge on any atom is -0.365 e. The molecule has 0 atom stereocenters. The van der Waals surface area contributed by atoms with Crippen molar-refractivity contribution in [3.63, 3.8) is 0 Å². The number of carbonyl (C=O) groups excluding carboxylic acids is 2. The zero-order chi connectivity index (χ0) is 20.8. The Hall–Kier alpha value is -2.52. The molecule has 1 fully saturated rings. The highest BCUT2D eigenvalue weighted by Crippen LogP contribution is 2.35. The van der Waals surface area contributed by atoms with Crippen molar-refractivity contribution in [3.05, 3.63) is 40.8 Å². The number of hydrogen-bond donors (Lipinski definition) is 3. The molecule has 2 aromatic rings. The third kappa shape index (κ3) is 5.74. The van der Waals surface area contributed by atoms with Gasteiger partial charge in [-0.2, -0.15) is 0 Å². The maximum Gasteiger partial charge on any atom is 0.319 e. The molecule has 9 heteroatoms. The Morgan fingerprint density at radius 2 is 1.79 bits per heavy atom. The van der Waals surface area contributed by atoms with Gasteiger partial charge in [-0.3, -0.25) is 10.1 Å². The average molecular weight is 423 g/mol. The van der Waals surface area contributed by atoms with Gasteiger partial charge in [-0.1, -0.05) is 0 Å². The molecule has 0 bridgehead atoms. The number of nitrogens with one attached hydrogen (secondary N) is 2. The summed E-state index contributed by atoms with van der Waals surface area (Å²) in [6, 6.07) is 2.52. The van der Waals surface area contributed by atoms with E-state index < -0.39 is 23.6 Å². The molecule has 3 amide bonds. The zero-order valence-corrected chi connectivity index (χ0v) is 16.8. The Morgan fingerprint density at radius 1 is 1.10 bits per heavy atom. The van der Waals surface area contributed by atoms with E-state index in [-0.39, 0.29) is 21.7 Å².